The van der Waals surface area contributed by atoms with Crippen LogP contribution >= 0.6 is 63.7 Å². The second kappa shape index (κ2) is 11.6. The predicted octanol–water partition coefficient (Wildman–Crippen LogP) is 7.40. The zero-order valence-electron chi connectivity index (χ0n) is 17.9. The van der Waals surface area contributed by atoms with E-state index in [1.807, 2.05) is 19.1 Å². The Kier molecular flexibility index (Phi) is 8.98. The lowest BCUT2D eigenvalue weighted by Gasteiger charge is -2.07. The van der Waals surface area contributed by atoms with Crippen molar-refractivity contribution in [3.8, 4) is 17.2 Å². The number of phenols is 3. The molecule has 0 radical (unpaired) electrons. The van der Waals surface area contributed by atoms with Crippen LogP contribution in [0.1, 0.15) is 16.7 Å². The molecule has 1 aliphatic rings. The molecule has 0 saturated heterocycles. The zero-order valence-corrected chi connectivity index (χ0v) is 24.2. The van der Waals surface area contributed by atoms with E-state index in [0.717, 1.165) is 14.5 Å². The molecule has 0 aromatic heterocycles. The number of hydrogen-bond donors (Lipinski definition) is 3. The lowest BCUT2D eigenvalue weighted by atomic mass is 9.99. The molecular formula is C25H16Br4O6. The van der Waals surface area contributed by atoms with E-state index in [9.17, 15) is 24.9 Å². The fourth-order valence-electron chi connectivity index (χ4n) is 3.07. The van der Waals surface area contributed by atoms with Gasteiger partial charge in [0.15, 0.2) is 6.29 Å². The van der Waals surface area contributed by atoms with Crippen LogP contribution in [-0.4, -0.2) is 27.6 Å². The molecule has 0 aliphatic carbocycles. The fourth-order valence-corrected chi connectivity index (χ4v) is 5.26. The van der Waals surface area contributed by atoms with Crippen LogP contribution in [0.3, 0.4) is 0 Å². The summed E-state index contributed by atoms with van der Waals surface area (Å²) in [5, 5.41) is 28.5. The zero-order chi connectivity index (χ0) is 25.9. The Morgan fingerprint density at radius 2 is 1.37 bits per heavy atom. The summed E-state index contributed by atoms with van der Waals surface area (Å²) in [6.07, 6.45) is 2.04. The van der Waals surface area contributed by atoms with E-state index in [2.05, 4.69) is 63.7 Å². The first-order valence-electron chi connectivity index (χ1n) is 9.77. The number of carbonyl (C=O) groups is 2. The molecular weight excluding hydrogens is 716 g/mol. The lowest BCUT2D eigenvalue weighted by Crippen LogP contribution is -1.99. The number of benzene rings is 3. The van der Waals surface area contributed by atoms with Gasteiger partial charge < -0.3 is 20.1 Å². The van der Waals surface area contributed by atoms with E-state index in [0.29, 0.717) is 31.9 Å². The normalized spacial score (nSPS) is 14.0. The Hall–Kier alpha value is -2.40. The van der Waals surface area contributed by atoms with Crippen molar-refractivity contribution in [2.24, 2.45) is 0 Å². The average Bonchev–Trinajstić information content (AvgIpc) is 3.11. The molecule has 1 heterocycles. The van der Waals surface area contributed by atoms with Crippen molar-refractivity contribution in [3.63, 3.8) is 0 Å². The number of ether oxygens (including phenoxy) is 1. The highest BCUT2D eigenvalue weighted by atomic mass is 79.9. The SMILES string of the molecule is Cc1cc(Br)c(O)c(Br)c1.O=CC1=C(c2ccc(O)c(Br)c2)/C(=C/c2ccc(O)c(Br)c2)OC1=O. The van der Waals surface area contributed by atoms with Gasteiger partial charge in [0.25, 0.3) is 0 Å². The van der Waals surface area contributed by atoms with Crippen molar-refractivity contribution in [1.29, 1.82) is 0 Å². The van der Waals surface area contributed by atoms with Crippen molar-refractivity contribution in [2.75, 3.05) is 0 Å². The van der Waals surface area contributed by atoms with Crippen LogP contribution in [0.25, 0.3) is 11.6 Å². The van der Waals surface area contributed by atoms with Gasteiger partial charge >= 0.3 is 5.97 Å². The molecule has 10 heteroatoms. The van der Waals surface area contributed by atoms with E-state index in [4.69, 9.17) is 4.74 Å². The van der Waals surface area contributed by atoms with Gasteiger partial charge in [-0.2, -0.15) is 0 Å². The molecule has 1 aliphatic heterocycles. The minimum atomic E-state index is -0.738. The number of aromatic hydroxyl groups is 3. The minimum absolute atomic E-state index is 0.0373. The van der Waals surface area contributed by atoms with Crippen molar-refractivity contribution in [1.82, 2.24) is 0 Å². The molecule has 0 atom stereocenters. The van der Waals surface area contributed by atoms with E-state index >= 15 is 0 Å². The molecule has 0 unspecified atom stereocenters. The molecule has 0 fully saturated rings. The summed E-state index contributed by atoms with van der Waals surface area (Å²) in [7, 11) is 0. The summed E-state index contributed by atoms with van der Waals surface area (Å²) in [4.78, 5) is 23.4. The van der Waals surface area contributed by atoms with Crippen molar-refractivity contribution in [3.05, 3.63) is 94.4 Å². The Bertz CT molecular complexity index is 1370. The smallest absolute Gasteiger partial charge is 0.347 e. The van der Waals surface area contributed by atoms with Gasteiger partial charge in [0.05, 0.1) is 17.9 Å². The van der Waals surface area contributed by atoms with Gasteiger partial charge in [-0.1, -0.05) is 12.1 Å². The second-order valence-corrected chi connectivity index (χ2v) is 10.7. The largest absolute Gasteiger partial charge is 0.507 e. The molecule has 0 amide bonds. The molecule has 3 aromatic rings. The molecule has 35 heavy (non-hydrogen) atoms. The number of rotatable bonds is 3. The Labute approximate surface area is 234 Å². The Balaban J connectivity index is 0.000000287. The fraction of sp³-hybridized carbons (Fsp3) is 0.0400. The van der Waals surface area contributed by atoms with Gasteiger partial charge in [0, 0.05) is 5.57 Å². The third-order valence-electron chi connectivity index (χ3n) is 4.72. The van der Waals surface area contributed by atoms with E-state index in [1.165, 1.54) is 12.1 Å². The molecule has 0 spiro atoms. The van der Waals surface area contributed by atoms with Gasteiger partial charge in [-0.25, -0.2) is 4.79 Å². The number of phenolic OH excluding ortho intramolecular Hbond substituents is 3. The number of esters is 1. The molecule has 4 rings (SSSR count). The van der Waals surface area contributed by atoms with Crippen LogP contribution in [-0.2, 0) is 14.3 Å². The topological polar surface area (TPSA) is 104 Å². The third-order valence-corrected chi connectivity index (χ3v) is 7.20. The minimum Gasteiger partial charge on any atom is -0.507 e. The van der Waals surface area contributed by atoms with E-state index in [-0.39, 0.29) is 28.6 Å². The molecule has 0 saturated carbocycles. The first-order valence-corrected chi connectivity index (χ1v) is 12.9. The number of carbonyl (C=O) groups excluding carboxylic acids is 2. The highest BCUT2D eigenvalue weighted by molar-refractivity contribution is 9.11. The highest BCUT2D eigenvalue weighted by Gasteiger charge is 2.31. The number of aryl methyl sites for hydroxylation is 1. The van der Waals surface area contributed by atoms with Gasteiger partial charge in [-0.05, 0) is 130 Å². The summed E-state index contributed by atoms with van der Waals surface area (Å²) in [5.41, 5.74) is 2.56. The lowest BCUT2D eigenvalue weighted by molar-refractivity contribution is -0.133. The average molecular weight is 732 g/mol. The van der Waals surface area contributed by atoms with Crippen LogP contribution < -0.4 is 0 Å². The number of allylic oxidation sites excluding steroid dienone is 1. The third kappa shape index (κ3) is 6.43. The quantitative estimate of drug-likeness (QED) is 0.148. The summed E-state index contributed by atoms with van der Waals surface area (Å²) in [6, 6.07) is 13.1. The standard InChI is InChI=1S/C18H10Br2O5.C7H6Br2O/c19-12-5-9(1-3-14(12)22)6-16-17(11(8-21)18(24)25-16)10-2-4-15(23)13(20)7-10;1-4-2-5(8)7(10)6(9)3-4/h1-8,22-23H;2-3,10H,1H3/b16-6-;. The van der Waals surface area contributed by atoms with Gasteiger partial charge in [-0.15, -0.1) is 0 Å². The van der Waals surface area contributed by atoms with Crippen molar-refractivity contribution < 1.29 is 29.6 Å². The first kappa shape index (κ1) is 27.2. The summed E-state index contributed by atoms with van der Waals surface area (Å²) in [6.45, 7) is 1.97. The molecule has 0 bridgehead atoms. The maximum atomic E-state index is 12.0. The molecule has 3 aromatic carbocycles. The molecule has 180 valence electrons. The van der Waals surface area contributed by atoms with Crippen molar-refractivity contribution >= 4 is 87.6 Å². The Morgan fingerprint density at radius 1 is 0.800 bits per heavy atom. The van der Waals surface area contributed by atoms with E-state index < -0.39 is 5.97 Å². The van der Waals surface area contributed by atoms with Crippen LogP contribution in [0.2, 0.25) is 0 Å². The van der Waals surface area contributed by atoms with Gasteiger partial charge in [-0.3, -0.25) is 4.79 Å². The predicted molar refractivity (Wildman–Crippen MR) is 147 cm³/mol. The first-order chi connectivity index (χ1) is 16.5. The van der Waals surface area contributed by atoms with Crippen LogP contribution in [0.5, 0.6) is 17.2 Å². The van der Waals surface area contributed by atoms with Crippen LogP contribution in [0.4, 0.5) is 0 Å². The second-order valence-electron chi connectivity index (χ2n) is 7.26. The number of cyclic esters (lactones) is 1. The highest BCUT2D eigenvalue weighted by Crippen LogP contribution is 2.38. The van der Waals surface area contributed by atoms with Crippen LogP contribution in [0.15, 0.2) is 77.8 Å². The maximum Gasteiger partial charge on any atom is 0.347 e. The molecule has 6 nitrogen and oxygen atoms in total. The van der Waals surface area contributed by atoms with Gasteiger partial charge in [0.2, 0.25) is 0 Å². The Morgan fingerprint density at radius 3 is 1.91 bits per heavy atom. The number of hydrogen-bond acceptors (Lipinski definition) is 6. The maximum absolute atomic E-state index is 12.0. The monoisotopic (exact) mass is 728 g/mol. The van der Waals surface area contributed by atoms with E-state index in [1.54, 1.807) is 30.3 Å². The summed E-state index contributed by atoms with van der Waals surface area (Å²) in [5.74, 6) is -0.154. The number of halogens is 4. The summed E-state index contributed by atoms with van der Waals surface area (Å²) < 4.78 is 7.59. The molecule has 3 N–H and O–H groups in total. The van der Waals surface area contributed by atoms with Gasteiger partial charge in [0.1, 0.15) is 28.6 Å². The summed E-state index contributed by atoms with van der Waals surface area (Å²) >= 11 is 12.9. The van der Waals surface area contributed by atoms with Crippen molar-refractivity contribution in [2.45, 2.75) is 6.92 Å². The number of aldehydes is 1. The van der Waals surface area contributed by atoms with Crippen LogP contribution in [0, 0.1) is 6.92 Å².